The van der Waals surface area contributed by atoms with Crippen LogP contribution in [-0.2, 0) is 16.1 Å². The Bertz CT molecular complexity index is 1320. The summed E-state index contributed by atoms with van der Waals surface area (Å²) in [7, 11) is 0. The molecule has 0 unspecified atom stereocenters. The molecule has 0 atom stereocenters. The van der Waals surface area contributed by atoms with Gasteiger partial charge in [0.05, 0.1) is 11.1 Å². The molecule has 0 bridgehead atoms. The van der Waals surface area contributed by atoms with Gasteiger partial charge in [-0.05, 0) is 121 Å². The van der Waals surface area contributed by atoms with Crippen molar-refractivity contribution in [3.8, 4) is 11.5 Å². The first-order valence-electron chi connectivity index (χ1n) is 10.5. The lowest BCUT2D eigenvalue weighted by atomic mass is 10.1. The number of hydrogen-bond acceptors (Lipinski definition) is 5. The quantitative estimate of drug-likeness (QED) is 0.146. The highest BCUT2D eigenvalue weighted by Crippen LogP contribution is 2.38. The molecule has 0 amide bonds. The molecule has 34 heavy (non-hydrogen) atoms. The second-order valence-corrected chi connectivity index (χ2v) is 10.3. The summed E-state index contributed by atoms with van der Waals surface area (Å²) in [6, 6.07) is 17.5. The summed E-state index contributed by atoms with van der Waals surface area (Å²) >= 11 is 9.31. The number of hydrogen-bond donors (Lipinski definition) is 0. The van der Waals surface area contributed by atoms with Crippen molar-refractivity contribution >= 4 is 72.4 Å². The molecule has 1 heterocycles. The predicted molar refractivity (Wildman–Crippen MR) is 148 cm³/mol. The van der Waals surface area contributed by atoms with Gasteiger partial charge in [0, 0.05) is 13.6 Å². The van der Waals surface area contributed by atoms with E-state index in [0.29, 0.717) is 24.7 Å². The highest BCUT2D eigenvalue weighted by atomic mass is 127. The topological polar surface area (TPSA) is 57.1 Å². The van der Waals surface area contributed by atoms with E-state index in [1.54, 1.807) is 6.08 Å². The minimum Gasteiger partial charge on any atom is -0.490 e. The van der Waals surface area contributed by atoms with Crippen LogP contribution in [0.2, 0.25) is 0 Å². The maximum Gasteiger partial charge on any atom is 0.363 e. The van der Waals surface area contributed by atoms with Crippen molar-refractivity contribution in [2.24, 2.45) is 4.99 Å². The van der Waals surface area contributed by atoms with E-state index in [4.69, 9.17) is 14.2 Å². The standard InChI is InChI=1S/C26H20Br2INO4/c1-3-32-23-12-16(10-20(28)24(23)33-14-18-7-5-4-6-15(18)2)11-22-26(31)34-25(30-22)17-8-9-21(29)19(27)13-17/h4-13H,3,14H2,1-2H3/b22-11-. The maximum atomic E-state index is 12.5. The van der Waals surface area contributed by atoms with Gasteiger partial charge in [-0.3, -0.25) is 0 Å². The average Bonchev–Trinajstić information content (AvgIpc) is 3.16. The summed E-state index contributed by atoms with van der Waals surface area (Å²) in [6.45, 7) is 4.85. The molecule has 1 aliphatic rings. The second kappa shape index (κ2) is 11.0. The molecule has 174 valence electrons. The minimum absolute atomic E-state index is 0.215. The van der Waals surface area contributed by atoms with Crippen LogP contribution in [0.25, 0.3) is 6.08 Å². The van der Waals surface area contributed by atoms with Crippen molar-refractivity contribution in [3.63, 3.8) is 0 Å². The molecule has 8 heteroatoms. The zero-order chi connectivity index (χ0) is 24.2. The molecule has 3 aromatic carbocycles. The van der Waals surface area contributed by atoms with Crippen LogP contribution in [0.3, 0.4) is 0 Å². The van der Waals surface area contributed by atoms with E-state index in [0.717, 1.165) is 34.8 Å². The Hall–Kier alpha value is -2.17. The lowest BCUT2D eigenvalue weighted by molar-refractivity contribution is -0.129. The van der Waals surface area contributed by atoms with E-state index in [2.05, 4.69) is 72.4 Å². The normalized spacial score (nSPS) is 14.2. The fourth-order valence-corrected chi connectivity index (χ4v) is 4.60. The largest absolute Gasteiger partial charge is 0.490 e. The number of carbonyl (C=O) groups excluding carboxylic acids is 1. The first-order chi connectivity index (χ1) is 16.4. The zero-order valence-corrected chi connectivity index (χ0v) is 23.7. The van der Waals surface area contributed by atoms with Gasteiger partial charge in [0.25, 0.3) is 0 Å². The monoisotopic (exact) mass is 695 g/mol. The van der Waals surface area contributed by atoms with Crippen LogP contribution >= 0.6 is 54.5 Å². The third-order valence-corrected chi connectivity index (χ3v) is 7.98. The Morgan fingerprint density at radius 2 is 1.85 bits per heavy atom. The van der Waals surface area contributed by atoms with E-state index in [-0.39, 0.29) is 11.6 Å². The van der Waals surface area contributed by atoms with Crippen LogP contribution < -0.4 is 9.47 Å². The SMILES string of the molecule is CCOc1cc(/C=C2\N=C(c3ccc(I)c(Br)c3)OC2=O)cc(Br)c1OCc1ccccc1C. The van der Waals surface area contributed by atoms with Crippen molar-refractivity contribution in [3.05, 3.63) is 95.1 Å². The number of benzene rings is 3. The van der Waals surface area contributed by atoms with Crippen molar-refractivity contribution in [1.82, 2.24) is 0 Å². The van der Waals surface area contributed by atoms with E-state index in [9.17, 15) is 4.79 Å². The molecule has 5 nitrogen and oxygen atoms in total. The van der Waals surface area contributed by atoms with E-state index < -0.39 is 5.97 Å². The molecule has 0 radical (unpaired) electrons. The molecule has 0 aliphatic carbocycles. The molecular weight excluding hydrogens is 677 g/mol. The van der Waals surface area contributed by atoms with Gasteiger partial charge in [-0.15, -0.1) is 0 Å². The number of cyclic esters (lactones) is 1. The Morgan fingerprint density at radius 3 is 2.59 bits per heavy atom. The number of esters is 1. The molecule has 3 aromatic rings. The zero-order valence-electron chi connectivity index (χ0n) is 18.4. The third-order valence-electron chi connectivity index (χ3n) is 5.06. The number of aryl methyl sites for hydroxylation is 1. The van der Waals surface area contributed by atoms with Crippen LogP contribution in [0, 0.1) is 10.5 Å². The summed E-state index contributed by atoms with van der Waals surface area (Å²) in [5.41, 5.74) is 3.93. The van der Waals surface area contributed by atoms with Gasteiger partial charge in [-0.1, -0.05) is 24.3 Å². The molecule has 0 aromatic heterocycles. The molecule has 4 rings (SSSR count). The number of rotatable bonds is 7. The van der Waals surface area contributed by atoms with Gasteiger partial charge in [-0.25, -0.2) is 9.79 Å². The summed E-state index contributed by atoms with van der Waals surface area (Å²) in [5.74, 6) is 0.956. The van der Waals surface area contributed by atoms with Crippen molar-refractivity contribution in [2.45, 2.75) is 20.5 Å². The molecule has 0 saturated heterocycles. The van der Waals surface area contributed by atoms with Gasteiger partial charge < -0.3 is 14.2 Å². The smallest absolute Gasteiger partial charge is 0.363 e. The number of aliphatic imine (C=N–C) groups is 1. The first-order valence-corrected chi connectivity index (χ1v) is 13.1. The lowest BCUT2D eigenvalue weighted by Gasteiger charge is -2.15. The summed E-state index contributed by atoms with van der Waals surface area (Å²) in [4.78, 5) is 16.9. The predicted octanol–water partition coefficient (Wildman–Crippen LogP) is 7.45. The Balaban J connectivity index is 1.62. The summed E-state index contributed by atoms with van der Waals surface area (Å²) < 4.78 is 20.0. The highest BCUT2D eigenvalue weighted by molar-refractivity contribution is 14.1. The second-order valence-electron chi connectivity index (χ2n) is 7.44. The number of carbonyl (C=O) groups is 1. The van der Waals surface area contributed by atoms with Crippen LogP contribution in [0.5, 0.6) is 11.5 Å². The van der Waals surface area contributed by atoms with Crippen molar-refractivity contribution < 1.29 is 19.0 Å². The Labute approximate surface area is 228 Å². The number of nitrogens with zero attached hydrogens (tertiary/aromatic N) is 1. The number of halogens is 3. The van der Waals surface area contributed by atoms with Gasteiger partial charge in [0.15, 0.2) is 17.2 Å². The van der Waals surface area contributed by atoms with Crippen LogP contribution in [0.4, 0.5) is 0 Å². The summed E-state index contributed by atoms with van der Waals surface area (Å²) in [6.07, 6.45) is 1.68. The van der Waals surface area contributed by atoms with Gasteiger partial charge >= 0.3 is 5.97 Å². The molecule has 0 N–H and O–H groups in total. The number of ether oxygens (including phenoxy) is 3. The molecule has 0 saturated carbocycles. The Morgan fingerprint density at radius 1 is 1.06 bits per heavy atom. The summed E-state index contributed by atoms with van der Waals surface area (Å²) in [5, 5.41) is 0. The minimum atomic E-state index is -0.501. The molecule has 0 fully saturated rings. The Kier molecular flexibility index (Phi) is 8.10. The first kappa shape index (κ1) is 24.9. The molecule has 1 aliphatic heterocycles. The van der Waals surface area contributed by atoms with E-state index >= 15 is 0 Å². The van der Waals surface area contributed by atoms with Crippen molar-refractivity contribution in [1.29, 1.82) is 0 Å². The molecular formula is C26H20Br2INO4. The van der Waals surface area contributed by atoms with Gasteiger partial charge in [-0.2, -0.15) is 0 Å². The van der Waals surface area contributed by atoms with Crippen LogP contribution in [-0.4, -0.2) is 18.5 Å². The fraction of sp³-hybridized carbons (Fsp3) is 0.154. The maximum absolute atomic E-state index is 12.5. The van der Waals surface area contributed by atoms with Crippen LogP contribution in [0.15, 0.2) is 74.2 Å². The molecule has 0 spiro atoms. The van der Waals surface area contributed by atoms with Gasteiger partial charge in [0.2, 0.25) is 5.90 Å². The third kappa shape index (κ3) is 5.72. The van der Waals surface area contributed by atoms with E-state index in [1.807, 2.05) is 55.5 Å². The van der Waals surface area contributed by atoms with Crippen LogP contribution in [0.1, 0.15) is 29.2 Å². The lowest BCUT2D eigenvalue weighted by Crippen LogP contribution is -2.05. The van der Waals surface area contributed by atoms with Crippen molar-refractivity contribution in [2.75, 3.05) is 6.61 Å². The fourth-order valence-electron chi connectivity index (χ4n) is 3.32. The average molecular weight is 697 g/mol. The van der Waals surface area contributed by atoms with Gasteiger partial charge in [0.1, 0.15) is 6.61 Å². The highest BCUT2D eigenvalue weighted by Gasteiger charge is 2.25. The van der Waals surface area contributed by atoms with E-state index in [1.165, 1.54) is 0 Å².